The summed E-state index contributed by atoms with van der Waals surface area (Å²) >= 11 is 0. The van der Waals surface area contributed by atoms with Crippen LogP contribution < -0.4 is 9.47 Å². The predicted molar refractivity (Wildman–Crippen MR) is 138 cm³/mol. The average molecular weight is 462 g/mol. The van der Waals surface area contributed by atoms with E-state index < -0.39 is 0 Å². The number of ether oxygens (including phenoxy) is 2. The van der Waals surface area contributed by atoms with Gasteiger partial charge in [-0.15, -0.1) is 0 Å². The minimum Gasteiger partial charge on any atom is -0.496 e. The number of methoxy groups -OCH3 is 1. The van der Waals surface area contributed by atoms with Gasteiger partial charge in [-0.3, -0.25) is 20.1 Å². The third-order valence-electron chi connectivity index (χ3n) is 5.32. The first-order chi connectivity index (χ1) is 17.3. The highest BCUT2D eigenvalue weighted by molar-refractivity contribution is 5.80. The van der Waals surface area contributed by atoms with Gasteiger partial charge in [-0.25, -0.2) is 0 Å². The molecule has 0 amide bonds. The Balaban J connectivity index is 1.25. The smallest absolute Gasteiger partial charge is 0.130 e. The highest BCUT2D eigenvalue weighted by Gasteiger charge is 2.05. The topological polar surface area (TPSA) is 85.8 Å². The Morgan fingerprint density at radius 2 is 1.71 bits per heavy atom. The molecule has 5 rings (SSSR count). The van der Waals surface area contributed by atoms with Gasteiger partial charge in [0.05, 0.1) is 35.2 Å². The third-order valence-corrected chi connectivity index (χ3v) is 5.32. The van der Waals surface area contributed by atoms with Gasteiger partial charge < -0.3 is 9.47 Å². The zero-order chi connectivity index (χ0) is 23.9. The van der Waals surface area contributed by atoms with E-state index in [-0.39, 0.29) is 0 Å². The van der Waals surface area contributed by atoms with E-state index in [0.717, 1.165) is 50.7 Å². The van der Waals surface area contributed by atoms with Crippen molar-refractivity contribution in [3.05, 3.63) is 107 Å². The Morgan fingerprint density at radius 3 is 2.57 bits per heavy atom. The Bertz CT molecular complexity index is 1490. The van der Waals surface area contributed by atoms with Crippen LogP contribution in [0.3, 0.4) is 0 Å². The number of benzene rings is 2. The quantitative estimate of drug-likeness (QED) is 0.320. The third kappa shape index (κ3) is 5.59. The maximum Gasteiger partial charge on any atom is 0.130 e. The summed E-state index contributed by atoms with van der Waals surface area (Å²) in [6, 6.07) is 19.5. The van der Waals surface area contributed by atoms with Crippen LogP contribution in [0, 0.1) is 0 Å². The van der Waals surface area contributed by atoms with E-state index in [2.05, 4.69) is 25.1 Å². The largest absolute Gasteiger partial charge is 0.496 e. The van der Waals surface area contributed by atoms with Crippen molar-refractivity contribution < 1.29 is 9.47 Å². The molecule has 35 heavy (non-hydrogen) atoms. The normalized spacial score (nSPS) is 11.5. The summed E-state index contributed by atoms with van der Waals surface area (Å²) in [5.41, 5.74) is 6.29. The number of aromatic amines is 1. The van der Waals surface area contributed by atoms with Crippen LogP contribution in [0.5, 0.6) is 11.5 Å². The molecule has 3 heterocycles. The molecule has 7 heteroatoms. The molecule has 2 aromatic carbocycles. The van der Waals surface area contributed by atoms with Crippen molar-refractivity contribution in [2.75, 3.05) is 7.11 Å². The molecule has 0 aliphatic rings. The second-order valence-corrected chi connectivity index (χ2v) is 7.73. The molecule has 0 atom stereocenters. The van der Waals surface area contributed by atoms with Crippen LogP contribution in [0.1, 0.15) is 28.2 Å². The van der Waals surface area contributed by atoms with E-state index in [1.165, 1.54) is 0 Å². The lowest BCUT2D eigenvalue weighted by molar-refractivity contribution is 0.299. The summed E-state index contributed by atoms with van der Waals surface area (Å²) in [6.07, 6.45) is 13.0. The molecule has 0 fully saturated rings. The van der Waals surface area contributed by atoms with E-state index in [1.807, 2.05) is 85.0 Å². The van der Waals surface area contributed by atoms with Gasteiger partial charge in [-0.05, 0) is 66.3 Å². The predicted octanol–water partition coefficient (Wildman–Crippen LogP) is 5.68. The number of hydrogen-bond acceptors (Lipinski definition) is 6. The van der Waals surface area contributed by atoms with Gasteiger partial charge in [0.2, 0.25) is 0 Å². The lowest BCUT2D eigenvalue weighted by Gasteiger charge is -2.09. The molecule has 1 N–H and O–H groups in total. The highest BCUT2D eigenvalue weighted by Crippen LogP contribution is 2.27. The first-order valence-corrected chi connectivity index (χ1v) is 11.1. The molecule has 7 nitrogen and oxygen atoms in total. The molecule has 0 bridgehead atoms. The molecule has 172 valence electrons. The molecule has 5 aromatic rings. The standard InChI is InChI=1S/C28H23N5O2/c1-34-28-18-25(35-19-24-4-2-3-13-29-24)11-8-21(28)7-10-23-17-22(32-33-23)9-5-20-6-12-26-27(16-20)31-15-14-30-26/h2-18H,19H2,1H3,(H,32,33). The summed E-state index contributed by atoms with van der Waals surface area (Å²) in [4.78, 5) is 12.9. The van der Waals surface area contributed by atoms with Crippen molar-refractivity contribution in [2.24, 2.45) is 0 Å². The molecular weight excluding hydrogens is 438 g/mol. The van der Waals surface area contributed by atoms with E-state index in [9.17, 15) is 0 Å². The number of hydrogen-bond donors (Lipinski definition) is 1. The van der Waals surface area contributed by atoms with Crippen molar-refractivity contribution >= 4 is 35.3 Å². The van der Waals surface area contributed by atoms with E-state index >= 15 is 0 Å². The fraction of sp³-hybridized carbons (Fsp3) is 0.0714. The Hall–Kier alpha value is -4.78. The van der Waals surface area contributed by atoms with Gasteiger partial charge in [0.1, 0.15) is 18.1 Å². The second-order valence-electron chi connectivity index (χ2n) is 7.73. The Labute approximate surface area is 202 Å². The van der Waals surface area contributed by atoms with Gasteiger partial charge >= 0.3 is 0 Å². The fourth-order valence-corrected chi connectivity index (χ4v) is 3.53. The lowest BCUT2D eigenvalue weighted by Crippen LogP contribution is -1.98. The van der Waals surface area contributed by atoms with Crippen LogP contribution in [0.2, 0.25) is 0 Å². The van der Waals surface area contributed by atoms with Gasteiger partial charge in [-0.2, -0.15) is 5.10 Å². The van der Waals surface area contributed by atoms with Crippen LogP contribution in [-0.4, -0.2) is 32.3 Å². The van der Waals surface area contributed by atoms with Crippen molar-refractivity contribution in [3.8, 4) is 11.5 Å². The average Bonchev–Trinajstić information content (AvgIpc) is 3.38. The Morgan fingerprint density at radius 1 is 0.800 bits per heavy atom. The van der Waals surface area contributed by atoms with Gasteiger partial charge in [0.15, 0.2) is 0 Å². The maximum atomic E-state index is 5.84. The number of nitrogens with zero attached hydrogens (tertiary/aromatic N) is 4. The van der Waals surface area contributed by atoms with E-state index in [1.54, 1.807) is 25.7 Å². The molecule has 0 spiro atoms. The minimum atomic E-state index is 0.398. The second kappa shape index (κ2) is 10.4. The van der Waals surface area contributed by atoms with Crippen LogP contribution in [0.15, 0.2) is 79.3 Å². The van der Waals surface area contributed by atoms with E-state index in [0.29, 0.717) is 6.61 Å². The van der Waals surface area contributed by atoms with Crippen molar-refractivity contribution in [3.63, 3.8) is 0 Å². The van der Waals surface area contributed by atoms with E-state index in [4.69, 9.17) is 9.47 Å². The molecule has 0 unspecified atom stereocenters. The van der Waals surface area contributed by atoms with Gasteiger partial charge in [0, 0.05) is 30.2 Å². The summed E-state index contributed by atoms with van der Waals surface area (Å²) in [7, 11) is 1.64. The summed E-state index contributed by atoms with van der Waals surface area (Å²) in [5, 5.41) is 7.42. The monoisotopic (exact) mass is 461 g/mol. The SMILES string of the molecule is COc1cc(OCc2ccccn2)ccc1C=Cc1cc(C=Cc2ccc3nccnc3c2)[nH]n1. The highest BCUT2D eigenvalue weighted by atomic mass is 16.5. The van der Waals surface area contributed by atoms with Crippen molar-refractivity contribution in [2.45, 2.75) is 6.61 Å². The Kier molecular flexibility index (Phi) is 6.57. The molecule has 0 saturated heterocycles. The summed E-state index contributed by atoms with van der Waals surface area (Å²) in [5.74, 6) is 1.44. The first kappa shape index (κ1) is 22.0. The number of rotatable bonds is 8. The zero-order valence-corrected chi connectivity index (χ0v) is 19.1. The van der Waals surface area contributed by atoms with Gasteiger partial charge in [-0.1, -0.05) is 18.2 Å². The lowest BCUT2D eigenvalue weighted by atomic mass is 10.1. The van der Waals surface area contributed by atoms with Crippen LogP contribution in [0.4, 0.5) is 0 Å². The number of aromatic nitrogens is 5. The van der Waals surface area contributed by atoms with Crippen LogP contribution >= 0.6 is 0 Å². The van der Waals surface area contributed by atoms with Crippen molar-refractivity contribution in [1.82, 2.24) is 25.1 Å². The number of nitrogens with one attached hydrogen (secondary N) is 1. The molecule has 0 radical (unpaired) electrons. The number of pyridine rings is 1. The van der Waals surface area contributed by atoms with Crippen LogP contribution in [0.25, 0.3) is 35.3 Å². The van der Waals surface area contributed by atoms with Crippen molar-refractivity contribution in [1.29, 1.82) is 0 Å². The fourth-order valence-electron chi connectivity index (χ4n) is 3.53. The zero-order valence-electron chi connectivity index (χ0n) is 19.1. The number of fused-ring (bicyclic) bond motifs is 1. The summed E-state index contributed by atoms with van der Waals surface area (Å²) < 4.78 is 11.4. The summed E-state index contributed by atoms with van der Waals surface area (Å²) in [6.45, 7) is 0.398. The molecular formula is C28H23N5O2. The molecule has 0 aliphatic heterocycles. The maximum absolute atomic E-state index is 5.84. The molecule has 0 aliphatic carbocycles. The number of H-pyrrole nitrogens is 1. The minimum absolute atomic E-state index is 0.398. The first-order valence-electron chi connectivity index (χ1n) is 11.1. The van der Waals surface area contributed by atoms with Gasteiger partial charge in [0.25, 0.3) is 0 Å². The molecule has 0 saturated carbocycles. The molecule has 3 aromatic heterocycles. The van der Waals surface area contributed by atoms with Crippen LogP contribution in [-0.2, 0) is 6.61 Å².